The monoisotopic (exact) mass is 601 g/mol. The standard InChI is InChI=1S/C35H40N2O7/c1-42-30-16-21(4-7-27(30)40)34-28(41)17-26-29(44-34)18-31(43-13-12-38)33-25-6-5-24(39)15-22(25)14-23(32(26)33)19-35(8-2-3-9-35)37-11-10-36-20-37/h4-7,10-11,15-16,18,23,28,34,36,38-41H,2-3,8-9,12-14,17,19-20H2,1H3/p+1/t23-,28+,34+/m0/s1. The third kappa shape index (κ3) is 4.93. The first-order valence-electron chi connectivity index (χ1n) is 15.6. The second-order valence-corrected chi connectivity index (χ2v) is 12.6. The Morgan fingerprint density at radius 2 is 1.89 bits per heavy atom. The molecule has 0 spiro atoms. The second-order valence-electron chi connectivity index (χ2n) is 12.6. The van der Waals surface area contributed by atoms with Gasteiger partial charge in [-0.15, -0.1) is 0 Å². The number of quaternary nitrogens is 1. The zero-order chi connectivity index (χ0) is 30.4. The molecule has 0 amide bonds. The van der Waals surface area contributed by atoms with E-state index in [0.717, 1.165) is 60.2 Å². The Morgan fingerprint density at radius 1 is 1.05 bits per heavy atom. The van der Waals surface area contributed by atoms with E-state index >= 15 is 0 Å². The minimum absolute atomic E-state index is 0.0225. The number of ether oxygens (including phenoxy) is 3. The Morgan fingerprint density at radius 3 is 2.64 bits per heavy atom. The van der Waals surface area contributed by atoms with E-state index in [0.29, 0.717) is 29.2 Å². The molecule has 9 nitrogen and oxygen atoms in total. The van der Waals surface area contributed by atoms with Gasteiger partial charge in [-0.25, -0.2) is 0 Å². The Bertz CT molecular complexity index is 1580. The van der Waals surface area contributed by atoms with Gasteiger partial charge >= 0.3 is 0 Å². The van der Waals surface area contributed by atoms with Gasteiger partial charge in [-0.3, -0.25) is 4.90 Å². The van der Waals surface area contributed by atoms with Gasteiger partial charge < -0.3 is 40.0 Å². The Balaban J connectivity index is 1.38. The molecule has 0 aromatic heterocycles. The molecule has 2 heterocycles. The molecule has 0 bridgehead atoms. The number of phenols is 2. The molecule has 6 N–H and O–H groups in total. The number of methoxy groups -OCH3 is 1. The topological polar surface area (TPSA) is 125 Å². The average molecular weight is 602 g/mol. The molecular formula is C35H41N2O7+. The Kier molecular flexibility index (Phi) is 7.56. The number of fused-ring (bicyclic) bond motifs is 5. The number of hydrogen-bond acceptors (Lipinski definition) is 8. The first-order valence-corrected chi connectivity index (χ1v) is 15.6. The van der Waals surface area contributed by atoms with Gasteiger partial charge in [0.15, 0.2) is 18.2 Å². The Labute approximate surface area is 257 Å². The van der Waals surface area contributed by atoms with Crippen molar-refractivity contribution in [2.45, 2.75) is 68.6 Å². The molecule has 9 heteroatoms. The lowest BCUT2D eigenvalue weighted by molar-refractivity contribution is -0.901. The SMILES string of the molecule is COc1cc([C@H]2Oc3cc(OCCO)c4c(c3C[C@H]2O)[C@H](CC2([NH+]3C=CNC3)CCCC2)Cc2cc(O)ccc2-4)ccc1O. The van der Waals surface area contributed by atoms with Gasteiger partial charge in [-0.05, 0) is 71.7 Å². The van der Waals surface area contributed by atoms with Gasteiger partial charge in [0.1, 0.15) is 41.7 Å². The summed E-state index contributed by atoms with van der Waals surface area (Å²) in [4.78, 5) is 1.46. The zero-order valence-corrected chi connectivity index (χ0v) is 25.0. The van der Waals surface area contributed by atoms with Crippen LogP contribution in [-0.4, -0.2) is 59.1 Å². The number of phenolic OH excluding ortho intramolecular Hbond substituents is 2. The van der Waals surface area contributed by atoms with Crippen molar-refractivity contribution in [2.24, 2.45) is 0 Å². The molecule has 1 unspecified atom stereocenters. The molecule has 0 saturated heterocycles. The van der Waals surface area contributed by atoms with Crippen LogP contribution in [0.4, 0.5) is 0 Å². The molecule has 7 rings (SSSR count). The highest BCUT2D eigenvalue weighted by molar-refractivity contribution is 5.83. The third-order valence-electron chi connectivity index (χ3n) is 10.1. The van der Waals surface area contributed by atoms with E-state index in [9.17, 15) is 20.4 Å². The maximum absolute atomic E-state index is 11.6. The van der Waals surface area contributed by atoms with Crippen LogP contribution < -0.4 is 24.4 Å². The van der Waals surface area contributed by atoms with Gasteiger partial charge in [0, 0.05) is 42.9 Å². The molecule has 0 radical (unpaired) electrons. The predicted octanol–water partition coefficient (Wildman–Crippen LogP) is 3.44. The van der Waals surface area contributed by atoms with Crippen LogP contribution in [0.3, 0.4) is 0 Å². The fraction of sp³-hybridized carbons (Fsp3) is 0.429. The summed E-state index contributed by atoms with van der Waals surface area (Å²) in [6.07, 6.45) is 9.59. The van der Waals surface area contributed by atoms with Crippen LogP contribution in [0.15, 0.2) is 54.9 Å². The second kappa shape index (κ2) is 11.5. The lowest BCUT2D eigenvalue weighted by atomic mass is 9.69. The molecule has 2 aliphatic heterocycles. The summed E-state index contributed by atoms with van der Waals surface area (Å²) in [6.45, 7) is 0.866. The molecule has 44 heavy (non-hydrogen) atoms. The van der Waals surface area contributed by atoms with Crippen LogP contribution in [0.5, 0.6) is 28.7 Å². The number of benzene rings is 3. The van der Waals surface area contributed by atoms with Crippen LogP contribution in [0.2, 0.25) is 0 Å². The van der Waals surface area contributed by atoms with Crippen molar-refractivity contribution < 1.29 is 39.5 Å². The molecule has 232 valence electrons. The van der Waals surface area contributed by atoms with Crippen LogP contribution in [0.25, 0.3) is 11.1 Å². The number of rotatable bonds is 8. The maximum atomic E-state index is 11.6. The largest absolute Gasteiger partial charge is 0.508 e. The molecular weight excluding hydrogens is 560 g/mol. The Hall–Kier alpha value is -3.92. The highest BCUT2D eigenvalue weighted by Crippen LogP contribution is 2.54. The van der Waals surface area contributed by atoms with Crippen molar-refractivity contribution in [3.8, 4) is 39.9 Å². The summed E-state index contributed by atoms with van der Waals surface area (Å²) >= 11 is 0. The van der Waals surface area contributed by atoms with Crippen molar-refractivity contribution in [3.63, 3.8) is 0 Å². The fourth-order valence-electron chi connectivity index (χ4n) is 8.17. The summed E-state index contributed by atoms with van der Waals surface area (Å²) in [5.41, 5.74) is 5.92. The maximum Gasteiger partial charge on any atom is 0.160 e. The van der Waals surface area contributed by atoms with Gasteiger partial charge in [-0.1, -0.05) is 12.1 Å². The molecule has 1 fully saturated rings. The van der Waals surface area contributed by atoms with E-state index in [1.54, 1.807) is 24.3 Å². The van der Waals surface area contributed by atoms with E-state index in [4.69, 9.17) is 14.2 Å². The van der Waals surface area contributed by atoms with Gasteiger partial charge in [0.2, 0.25) is 0 Å². The van der Waals surface area contributed by atoms with Crippen molar-refractivity contribution >= 4 is 0 Å². The first kappa shape index (κ1) is 28.8. The van der Waals surface area contributed by atoms with Crippen LogP contribution in [0, 0.1) is 0 Å². The normalized spacial score (nSPS) is 24.5. The summed E-state index contributed by atoms with van der Waals surface area (Å²) < 4.78 is 18.2. The molecule has 4 atom stereocenters. The van der Waals surface area contributed by atoms with Crippen molar-refractivity contribution in [1.82, 2.24) is 5.32 Å². The quantitative estimate of drug-likeness (QED) is 0.232. The fourth-order valence-corrected chi connectivity index (χ4v) is 8.17. The minimum Gasteiger partial charge on any atom is -0.508 e. The lowest BCUT2D eigenvalue weighted by Gasteiger charge is -2.41. The van der Waals surface area contributed by atoms with Crippen LogP contribution in [-0.2, 0) is 12.8 Å². The van der Waals surface area contributed by atoms with E-state index in [2.05, 4.69) is 17.7 Å². The van der Waals surface area contributed by atoms with E-state index < -0.39 is 12.2 Å². The smallest absolute Gasteiger partial charge is 0.160 e. The summed E-state index contributed by atoms with van der Waals surface area (Å²) in [7, 11) is 1.49. The zero-order valence-electron chi connectivity index (χ0n) is 25.0. The van der Waals surface area contributed by atoms with E-state index in [-0.39, 0.29) is 36.2 Å². The van der Waals surface area contributed by atoms with Gasteiger partial charge in [-0.2, -0.15) is 0 Å². The predicted molar refractivity (Wildman–Crippen MR) is 164 cm³/mol. The summed E-state index contributed by atoms with van der Waals surface area (Å²) in [5, 5.41) is 45.4. The third-order valence-corrected chi connectivity index (χ3v) is 10.1. The molecule has 3 aromatic carbocycles. The lowest BCUT2D eigenvalue weighted by Crippen LogP contribution is -3.16. The number of aliphatic hydroxyl groups excluding tert-OH is 2. The summed E-state index contributed by atoms with van der Waals surface area (Å²) in [6, 6.07) is 12.4. The molecule has 4 aliphatic rings. The van der Waals surface area contributed by atoms with Gasteiger partial charge in [0.05, 0.1) is 26.0 Å². The number of nitrogens with one attached hydrogen (secondary N) is 2. The highest BCUT2D eigenvalue weighted by atomic mass is 16.5. The van der Waals surface area contributed by atoms with Crippen LogP contribution >= 0.6 is 0 Å². The first-order chi connectivity index (χ1) is 21.4. The van der Waals surface area contributed by atoms with Crippen molar-refractivity contribution in [1.29, 1.82) is 0 Å². The molecule has 2 aliphatic carbocycles. The van der Waals surface area contributed by atoms with E-state index in [1.165, 1.54) is 24.9 Å². The van der Waals surface area contributed by atoms with Crippen molar-refractivity contribution in [3.05, 3.63) is 77.1 Å². The van der Waals surface area contributed by atoms with Crippen molar-refractivity contribution in [2.75, 3.05) is 27.0 Å². The van der Waals surface area contributed by atoms with E-state index in [1.807, 2.05) is 18.2 Å². The summed E-state index contributed by atoms with van der Waals surface area (Å²) in [5.74, 6) is 1.96. The minimum atomic E-state index is -0.830. The average Bonchev–Trinajstić information content (AvgIpc) is 3.73. The highest BCUT2D eigenvalue weighted by Gasteiger charge is 2.48. The number of aromatic hydroxyl groups is 2. The molecule has 3 aromatic rings. The molecule has 1 saturated carbocycles. The van der Waals surface area contributed by atoms with Crippen LogP contribution in [0.1, 0.15) is 66.4 Å². The number of aliphatic hydroxyl groups is 2. The van der Waals surface area contributed by atoms with Gasteiger partial charge in [0.25, 0.3) is 0 Å². The number of hydrogen-bond donors (Lipinski definition) is 6.